The van der Waals surface area contributed by atoms with Gasteiger partial charge in [0, 0.05) is 20.0 Å². The molecule has 0 radical (unpaired) electrons. The highest BCUT2D eigenvalue weighted by Gasteiger charge is 2.33. The van der Waals surface area contributed by atoms with Crippen molar-refractivity contribution in [2.24, 2.45) is 5.92 Å². The van der Waals surface area contributed by atoms with E-state index in [0.29, 0.717) is 40.2 Å². The number of ether oxygens (including phenoxy) is 3. The number of anilines is 1. The summed E-state index contributed by atoms with van der Waals surface area (Å²) in [5, 5.41) is 5.79. The zero-order chi connectivity index (χ0) is 21.1. The van der Waals surface area contributed by atoms with E-state index in [1.165, 1.54) is 7.11 Å². The number of Topliss-reactive ketones (excluding diaryl/α,β-unsaturated/α-hetero) is 1. The van der Waals surface area contributed by atoms with E-state index in [0.717, 1.165) is 11.3 Å². The van der Waals surface area contributed by atoms with Gasteiger partial charge in [0.05, 0.1) is 23.0 Å². The topological polar surface area (TPSA) is 116 Å². The summed E-state index contributed by atoms with van der Waals surface area (Å²) < 4.78 is 16.3. The predicted molar refractivity (Wildman–Crippen MR) is 108 cm³/mol. The van der Waals surface area contributed by atoms with E-state index in [1.54, 1.807) is 0 Å². The predicted octanol–water partition coefficient (Wildman–Crippen LogP) is 1.43. The van der Waals surface area contributed by atoms with Crippen molar-refractivity contribution < 1.29 is 28.6 Å². The number of ketones is 1. The van der Waals surface area contributed by atoms with Gasteiger partial charge in [-0.15, -0.1) is 0 Å². The molecule has 0 fully saturated rings. The van der Waals surface area contributed by atoms with Crippen LogP contribution in [0.2, 0.25) is 0 Å². The van der Waals surface area contributed by atoms with Gasteiger partial charge in [0.1, 0.15) is 19.3 Å². The number of nitrogens with zero attached hydrogens (tertiary/aromatic N) is 1. The number of benzene rings is 1. The lowest BCUT2D eigenvalue weighted by Crippen LogP contribution is -2.44. The number of rotatable bonds is 6. The highest BCUT2D eigenvalue weighted by atomic mass is 32.1. The maximum atomic E-state index is 12.6. The number of hydrogen-bond acceptors (Lipinski definition) is 8. The normalized spacial score (nSPS) is 19.7. The first-order valence-electron chi connectivity index (χ1n) is 9.51. The van der Waals surface area contributed by atoms with E-state index in [-0.39, 0.29) is 43.3 Å². The van der Waals surface area contributed by atoms with Crippen LogP contribution < -0.4 is 20.1 Å². The number of carbonyl (C=O) groups excluding carboxylic acids is 3. The van der Waals surface area contributed by atoms with E-state index in [4.69, 9.17) is 14.2 Å². The zero-order valence-corrected chi connectivity index (χ0v) is 17.1. The average molecular weight is 431 g/mol. The van der Waals surface area contributed by atoms with Crippen molar-refractivity contribution in [2.75, 3.05) is 32.2 Å². The fraction of sp³-hybridized carbons (Fsp3) is 0.400. The highest BCUT2D eigenvalue weighted by molar-refractivity contribution is 7.17. The number of thiazole rings is 1. The van der Waals surface area contributed by atoms with Gasteiger partial charge in [0.15, 0.2) is 22.4 Å². The molecule has 2 atom stereocenters. The van der Waals surface area contributed by atoms with E-state index in [2.05, 4.69) is 15.6 Å². The van der Waals surface area contributed by atoms with Crippen molar-refractivity contribution in [1.29, 1.82) is 0 Å². The third kappa shape index (κ3) is 4.44. The lowest BCUT2D eigenvalue weighted by atomic mass is 9.89. The van der Waals surface area contributed by atoms with Gasteiger partial charge in [-0.3, -0.25) is 19.7 Å². The number of amides is 2. The largest absolute Gasteiger partial charge is 0.486 e. The van der Waals surface area contributed by atoms with Crippen molar-refractivity contribution in [3.8, 4) is 11.5 Å². The highest BCUT2D eigenvalue weighted by Crippen LogP contribution is 2.33. The summed E-state index contributed by atoms with van der Waals surface area (Å²) in [7, 11) is 1.42. The molecule has 158 valence electrons. The van der Waals surface area contributed by atoms with Crippen LogP contribution in [-0.4, -0.2) is 55.6 Å². The van der Waals surface area contributed by atoms with Crippen LogP contribution in [0.5, 0.6) is 11.5 Å². The maximum absolute atomic E-state index is 12.6. The number of aromatic nitrogens is 1. The summed E-state index contributed by atoms with van der Waals surface area (Å²) in [5.74, 6) is 0.100. The first-order valence-corrected chi connectivity index (χ1v) is 10.3. The second kappa shape index (κ2) is 8.80. The summed E-state index contributed by atoms with van der Waals surface area (Å²) in [6.07, 6.45) is 0.145. The minimum absolute atomic E-state index is 0.0966. The Bertz CT molecular complexity index is 975. The fourth-order valence-corrected chi connectivity index (χ4v) is 4.34. The Kier molecular flexibility index (Phi) is 5.96. The molecule has 1 aromatic heterocycles. The zero-order valence-electron chi connectivity index (χ0n) is 16.3. The monoisotopic (exact) mass is 431 g/mol. The van der Waals surface area contributed by atoms with Crippen LogP contribution in [0.4, 0.5) is 5.13 Å². The molecular weight excluding hydrogens is 410 g/mol. The minimum Gasteiger partial charge on any atom is -0.486 e. The van der Waals surface area contributed by atoms with E-state index in [1.807, 2.05) is 24.3 Å². The van der Waals surface area contributed by atoms with Crippen molar-refractivity contribution in [3.63, 3.8) is 0 Å². The molecule has 0 bridgehead atoms. The van der Waals surface area contributed by atoms with Crippen LogP contribution in [0.1, 0.15) is 21.8 Å². The van der Waals surface area contributed by atoms with Crippen LogP contribution in [0.15, 0.2) is 24.3 Å². The van der Waals surface area contributed by atoms with Gasteiger partial charge in [-0.05, 0) is 12.1 Å². The van der Waals surface area contributed by atoms with Crippen LogP contribution in [0, 0.1) is 5.92 Å². The summed E-state index contributed by atoms with van der Waals surface area (Å²) >= 11 is 1.12. The molecular formula is C20H21N3O6S. The minimum atomic E-state index is -0.508. The molecule has 2 N–H and O–H groups in total. The molecule has 1 aromatic carbocycles. The van der Waals surface area contributed by atoms with Crippen molar-refractivity contribution in [2.45, 2.75) is 18.9 Å². The van der Waals surface area contributed by atoms with Gasteiger partial charge in [-0.1, -0.05) is 23.5 Å². The Morgan fingerprint density at radius 1 is 1.27 bits per heavy atom. The molecule has 9 nitrogen and oxygen atoms in total. The molecule has 2 amide bonds. The van der Waals surface area contributed by atoms with Crippen molar-refractivity contribution in [1.82, 2.24) is 10.3 Å². The van der Waals surface area contributed by atoms with Gasteiger partial charge in [0.2, 0.25) is 5.91 Å². The fourth-order valence-electron chi connectivity index (χ4n) is 3.38. The Morgan fingerprint density at radius 3 is 2.87 bits per heavy atom. The molecule has 2 unspecified atom stereocenters. The molecule has 2 aliphatic rings. The van der Waals surface area contributed by atoms with Gasteiger partial charge < -0.3 is 19.5 Å². The van der Waals surface area contributed by atoms with Crippen LogP contribution >= 0.6 is 11.3 Å². The number of para-hydroxylation sites is 2. The first-order chi connectivity index (χ1) is 14.5. The molecule has 30 heavy (non-hydrogen) atoms. The standard InChI is InChI=1S/C20H21N3O6S/c1-27-10-17(25)23-20-22-13-6-11(7-14(24)18(13)30-20)19(26)21-8-12-9-28-15-4-2-3-5-16(15)29-12/h2-5,11-12H,6-10H2,1H3,(H,21,26)(H,22,23,25). The number of fused-ring (bicyclic) bond motifs is 2. The number of nitrogens with one attached hydrogen (secondary N) is 2. The third-order valence-corrected chi connectivity index (χ3v) is 5.84. The Labute approximate surface area is 176 Å². The van der Waals surface area contributed by atoms with E-state index in [9.17, 15) is 14.4 Å². The SMILES string of the molecule is COCC(=O)Nc1nc2c(s1)C(=O)CC(C(=O)NCC1COc3ccccc3O1)C2. The summed E-state index contributed by atoms with van der Waals surface area (Å²) in [4.78, 5) is 41.6. The summed E-state index contributed by atoms with van der Waals surface area (Å²) in [6.45, 7) is 0.516. The first kappa shape index (κ1) is 20.3. The molecule has 2 heterocycles. The van der Waals surface area contributed by atoms with Gasteiger partial charge in [-0.2, -0.15) is 0 Å². The third-order valence-electron chi connectivity index (χ3n) is 4.79. The lowest BCUT2D eigenvalue weighted by Gasteiger charge is -2.27. The van der Waals surface area contributed by atoms with Crippen LogP contribution in [-0.2, 0) is 20.7 Å². The van der Waals surface area contributed by atoms with Crippen LogP contribution in [0.25, 0.3) is 0 Å². The second-order valence-electron chi connectivity index (χ2n) is 7.05. The second-order valence-corrected chi connectivity index (χ2v) is 8.05. The quantitative estimate of drug-likeness (QED) is 0.711. The van der Waals surface area contributed by atoms with Crippen molar-refractivity contribution in [3.05, 3.63) is 34.8 Å². The molecule has 1 aliphatic heterocycles. The molecule has 4 rings (SSSR count). The van der Waals surface area contributed by atoms with E-state index >= 15 is 0 Å². The summed E-state index contributed by atoms with van der Waals surface area (Å²) in [6, 6.07) is 7.37. The molecule has 2 aromatic rings. The lowest BCUT2D eigenvalue weighted by molar-refractivity contribution is -0.125. The summed E-state index contributed by atoms with van der Waals surface area (Å²) in [5.41, 5.74) is 0.537. The molecule has 0 saturated carbocycles. The molecule has 10 heteroatoms. The molecule has 1 aliphatic carbocycles. The smallest absolute Gasteiger partial charge is 0.252 e. The number of methoxy groups -OCH3 is 1. The van der Waals surface area contributed by atoms with Crippen molar-refractivity contribution >= 4 is 34.1 Å². The Balaban J connectivity index is 1.33. The van der Waals surface area contributed by atoms with Gasteiger partial charge in [-0.25, -0.2) is 4.98 Å². The van der Waals surface area contributed by atoms with Gasteiger partial charge in [0.25, 0.3) is 5.91 Å². The Morgan fingerprint density at radius 2 is 2.07 bits per heavy atom. The number of carbonyl (C=O) groups is 3. The van der Waals surface area contributed by atoms with E-state index < -0.39 is 5.92 Å². The molecule has 0 saturated heterocycles. The average Bonchev–Trinajstić information content (AvgIpc) is 3.15. The number of hydrogen-bond donors (Lipinski definition) is 2. The Hall–Kier alpha value is -2.98. The van der Waals surface area contributed by atoms with Gasteiger partial charge >= 0.3 is 0 Å². The molecule has 0 spiro atoms. The van der Waals surface area contributed by atoms with Crippen LogP contribution in [0.3, 0.4) is 0 Å². The maximum Gasteiger partial charge on any atom is 0.252 e.